The van der Waals surface area contributed by atoms with Crippen LogP contribution in [0.2, 0.25) is 0 Å². The Bertz CT molecular complexity index is 1040. The maximum Gasteiger partial charge on any atom is 0.320 e. The molecule has 31 heavy (non-hydrogen) atoms. The highest BCUT2D eigenvalue weighted by Crippen LogP contribution is 2.76. The Kier molecular flexibility index (Phi) is 3.95. The molecule has 0 bridgehead atoms. The van der Waals surface area contributed by atoms with Gasteiger partial charge in [-0.25, -0.2) is 14.8 Å². The molecule has 3 saturated carbocycles. The molecular weight excluding hydrogens is 390 g/mol. The van der Waals surface area contributed by atoms with Crippen LogP contribution in [0.5, 0.6) is 0 Å². The average molecular weight is 418 g/mol. The number of hydrogen-bond donors (Lipinski definition) is 3. The van der Waals surface area contributed by atoms with E-state index in [1.54, 1.807) is 0 Å². The Morgan fingerprint density at radius 2 is 1.65 bits per heavy atom. The minimum Gasteiger partial charge on any atom is -0.347 e. The van der Waals surface area contributed by atoms with Gasteiger partial charge in [0, 0.05) is 24.0 Å². The molecule has 3 amide bonds. The lowest BCUT2D eigenvalue weighted by atomic mass is 9.37. The number of carbonyl (C=O) groups excluding carboxylic acids is 2. The lowest BCUT2D eigenvalue weighted by Crippen LogP contribution is -2.78. The van der Waals surface area contributed by atoms with E-state index in [0.29, 0.717) is 0 Å². The van der Waals surface area contributed by atoms with Gasteiger partial charge in [-0.1, -0.05) is 31.2 Å². The van der Waals surface area contributed by atoms with Crippen molar-refractivity contribution in [2.45, 2.75) is 57.0 Å². The van der Waals surface area contributed by atoms with Crippen LogP contribution in [0.25, 0.3) is 0 Å². The number of nitrogens with one attached hydrogen (secondary N) is 3. The number of anilines is 1. The van der Waals surface area contributed by atoms with Crippen molar-refractivity contribution in [1.29, 1.82) is 0 Å². The van der Waals surface area contributed by atoms with Crippen molar-refractivity contribution in [3.8, 4) is 0 Å². The SMILES string of the molecule is CC12C3CCC1CC2(NC(=O)Nc1nccnc1C(=O)NC1Cc2ccccc2C1)C3. The van der Waals surface area contributed by atoms with Gasteiger partial charge < -0.3 is 10.6 Å². The summed E-state index contributed by atoms with van der Waals surface area (Å²) in [6, 6.07) is 7.96. The van der Waals surface area contributed by atoms with Gasteiger partial charge in [-0.3, -0.25) is 10.1 Å². The summed E-state index contributed by atoms with van der Waals surface area (Å²) in [5.41, 5.74) is 2.83. The zero-order chi connectivity index (χ0) is 21.2. The number of amides is 3. The molecule has 2 aromatic rings. The number of aromatic nitrogens is 2. The van der Waals surface area contributed by atoms with Gasteiger partial charge in [-0.15, -0.1) is 0 Å². The zero-order valence-electron chi connectivity index (χ0n) is 17.6. The van der Waals surface area contributed by atoms with Gasteiger partial charge in [-0.2, -0.15) is 0 Å². The van der Waals surface area contributed by atoms with Crippen LogP contribution in [-0.4, -0.2) is 33.5 Å². The van der Waals surface area contributed by atoms with Crippen LogP contribution in [0, 0.1) is 17.3 Å². The number of hydrogen-bond acceptors (Lipinski definition) is 4. The molecule has 1 aromatic carbocycles. The van der Waals surface area contributed by atoms with Crippen molar-refractivity contribution < 1.29 is 9.59 Å². The molecule has 0 spiro atoms. The van der Waals surface area contributed by atoms with E-state index in [-0.39, 0.29) is 40.4 Å². The lowest BCUT2D eigenvalue weighted by molar-refractivity contribution is -0.179. The summed E-state index contributed by atoms with van der Waals surface area (Å²) in [4.78, 5) is 34.2. The molecular formula is C24H27N5O2. The molecule has 1 aromatic heterocycles. The number of benzene rings is 1. The topological polar surface area (TPSA) is 96.0 Å². The summed E-state index contributed by atoms with van der Waals surface area (Å²) in [5, 5.41) is 9.07. The lowest BCUT2D eigenvalue weighted by Gasteiger charge is -2.71. The fraction of sp³-hybridized carbons (Fsp3) is 0.500. The van der Waals surface area contributed by atoms with Crippen molar-refractivity contribution >= 4 is 17.8 Å². The zero-order valence-corrected chi connectivity index (χ0v) is 17.6. The standard InChI is InChI=1S/C24H27N5O2/c1-23-16-6-7-17(23)13-24(23,12-16)29-22(31)28-20-19(25-8-9-26-20)21(30)27-18-10-14-4-2-3-5-15(14)11-18/h2-5,8-9,16-18H,6-7,10-13H2,1H3,(H,27,30)(H2,26,28,29,31). The maximum atomic E-state index is 12.9. The smallest absolute Gasteiger partial charge is 0.320 e. The minimum atomic E-state index is -0.311. The van der Waals surface area contributed by atoms with Crippen LogP contribution < -0.4 is 16.0 Å². The summed E-state index contributed by atoms with van der Waals surface area (Å²) in [5.74, 6) is 1.36. The monoisotopic (exact) mass is 417 g/mol. The maximum absolute atomic E-state index is 12.9. The minimum absolute atomic E-state index is 0.0219. The van der Waals surface area contributed by atoms with Crippen molar-refractivity contribution in [1.82, 2.24) is 20.6 Å². The molecule has 6 rings (SSSR count). The summed E-state index contributed by atoms with van der Waals surface area (Å²) >= 11 is 0. The fourth-order valence-electron chi connectivity index (χ4n) is 6.95. The summed E-state index contributed by atoms with van der Waals surface area (Å²) < 4.78 is 0. The van der Waals surface area contributed by atoms with Gasteiger partial charge in [0.1, 0.15) is 0 Å². The van der Waals surface area contributed by atoms with E-state index in [2.05, 4.69) is 45.0 Å². The van der Waals surface area contributed by atoms with Crippen LogP contribution in [-0.2, 0) is 12.8 Å². The van der Waals surface area contributed by atoms with E-state index < -0.39 is 0 Å². The first kappa shape index (κ1) is 18.8. The van der Waals surface area contributed by atoms with Crippen molar-refractivity contribution in [3.05, 3.63) is 53.5 Å². The van der Waals surface area contributed by atoms with Crippen molar-refractivity contribution in [2.75, 3.05) is 5.32 Å². The fourth-order valence-corrected chi connectivity index (χ4v) is 6.95. The Labute approximate surface area is 181 Å². The van der Waals surface area contributed by atoms with E-state index in [4.69, 9.17) is 0 Å². The van der Waals surface area contributed by atoms with Crippen LogP contribution in [0.4, 0.5) is 10.6 Å². The molecule has 3 fully saturated rings. The highest BCUT2D eigenvalue weighted by atomic mass is 16.2. The Morgan fingerprint density at radius 1 is 1.00 bits per heavy atom. The molecule has 7 nitrogen and oxygen atoms in total. The predicted molar refractivity (Wildman–Crippen MR) is 116 cm³/mol. The molecule has 0 saturated heterocycles. The van der Waals surface area contributed by atoms with Crippen LogP contribution >= 0.6 is 0 Å². The molecule has 1 heterocycles. The van der Waals surface area contributed by atoms with Crippen LogP contribution in [0.3, 0.4) is 0 Å². The Morgan fingerprint density at radius 3 is 2.32 bits per heavy atom. The van der Waals surface area contributed by atoms with Gasteiger partial charge in [-0.05, 0) is 66.9 Å². The first-order chi connectivity index (χ1) is 15.0. The molecule has 2 atom stereocenters. The largest absolute Gasteiger partial charge is 0.347 e. The second-order valence-corrected chi connectivity index (χ2v) is 9.92. The molecule has 0 aliphatic heterocycles. The molecule has 3 N–H and O–H groups in total. The number of nitrogens with zero attached hydrogens (tertiary/aromatic N) is 2. The van der Waals surface area contributed by atoms with Crippen molar-refractivity contribution in [2.24, 2.45) is 17.3 Å². The van der Waals surface area contributed by atoms with E-state index in [1.165, 1.54) is 36.4 Å². The van der Waals surface area contributed by atoms with E-state index >= 15 is 0 Å². The second-order valence-electron chi connectivity index (χ2n) is 9.92. The first-order valence-corrected chi connectivity index (χ1v) is 11.3. The predicted octanol–water partition coefficient (Wildman–Crippen LogP) is 3.07. The quantitative estimate of drug-likeness (QED) is 0.712. The Hall–Kier alpha value is -2.96. The van der Waals surface area contributed by atoms with Gasteiger partial charge >= 0.3 is 6.03 Å². The molecule has 4 aliphatic carbocycles. The first-order valence-electron chi connectivity index (χ1n) is 11.3. The number of fused-ring (bicyclic) bond motifs is 1. The summed E-state index contributed by atoms with van der Waals surface area (Å²) in [6.07, 6.45) is 9.26. The normalized spacial score (nSPS) is 32.3. The molecule has 4 aliphatic rings. The number of rotatable bonds is 4. The van der Waals surface area contributed by atoms with Gasteiger partial charge in [0.05, 0.1) is 0 Å². The highest BCUT2D eigenvalue weighted by Gasteiger charge is 2.76. The third-order valence-corrected chi connectivity index (χ3v) is 8.66. The molecule has 0 radical (unpaired) electrons. The molecule has 7 heteroatoms. The van der Waals surface area contributed by atoms with E-state index in [9.17, 15) is 9.59 Å². The average Bonchev–Trinajstić information content (AvgIpc) is 3.15. The number of urea groups is 1. The van der Waals surface area contributed by atoms with Gasteiger partial charge in [0.25, 0.3) is 5.91 Å². The van der Waals surface area contributed by atoms with Gasteiger partial charge in [0.15, 0.2) is 11.5 Å². The highest BCUT2D eigenvalue weighted by molar-refractivity contribution is 6.01. The van der Waals surface area contributed by atoms with Crippen molar-refractivity contribution in [3.63, 3.8) is 0 Å². The second kappa shape index (κ2) is 6.52. The summed E-state index contributed by atoms with van der Waals surface area (Å²) in [6.45, 7) is 2.32. The van der Waals surface area contributed by atoms with Crippen LogP contribution in [0.1, 0.15) is 54.2 Å². The number of carbonyl (C=O) groups is 2. The Balaban J connectivity index is 1.12. The van der Waals surface area contributed by atoms with E-state index in [1.807, 2.05) is 12.1 Å². The molecule has 160 valence electrons. The molecule has 2 unspecified atom stereocenters. The van der Waals surface area contributed by atoms with Gasteiger partial charge in [0.2, 0.25) is 0 Å². The third-order valence-electron chi connectivity index (χ3n) is 8.66. The van der Waals surface area contributed by atoms with E-state index in [0.717, 1.165) is 37.5 Å². The third kappa shape index (κ3) is 2.65. The van der Waals surface area contributed by atoms with Crippen LogP contribution in [0.15, 0.2) is 36.7 Å². The summed E-state index contributed by atoms with van der Waals surface area (Å²) in [7, 11) is 0.